The fraction of sp³-hybridized carbons (Fsp3) is 0.357. The Morgan fingerprint density at radius 1 is 1.35 bits per heavy atom. The van der Waals surface area contributed by atoms with Crippen molar-refractivity contribution in [2.24, 2.45) is 5.73 Å². The van der Waals surface area contributed by atoms with Crippen molar-refractivity contribution in [2.45, 2.75) is 18.9 Å². The number of benzene rings is 1. The first-order chi connectivity index (χ1) is 9.61. The molecule has 5 nitrogen and oxygen atoms in total. The Bertz CT molecular complexity index is 632. The van der Waals surface area contributed by atoms with Crippen LogP contribution in [0.2, 0.25) is 5.02 Å². The number of furan rings is 1. The summed E-state index contributed by atoms with van der Waals surface area (Å²) in [4.78, 5) is 12.1. The Morgan fingerprint density at radius 3 is 2.85 bits per heavy atom. The van der Waals surface area contributed by atoms with Crippen LogP contribution in [0.15, 0.2) is 28.7 Å². The molecule has 1 amide bonds. The Morgan fingerprint density at radius 2 is 2.10 bits per heavy atom. The Balaban J connectivity index is 1.72. The van der Waals surface area contributed by atoms with E-state index in [-0.39, 0.29) is 17.7 Å². The third-order valence-electron chi connectivity index (χ3n) is 3.50. The second kappa shape index (κ2) is 5.44. The summed E-state index contributed by atoms with van der Waals surface area (Å²) in [5.74, 6) is 0.0462. The van der Waals surface area contributed by atoms with Crippen molar-refractivity contribution < 1.29 is 9.21 Å². The molecule has 6 heteroatoms. The first-order valence-electron chi connectivity index (χ1n) is 6.62. The molecular weight excluding hydrogens is 278 g/mol. The highest BCUT2D eigenvalue weighted by Gasteiger charge is 2.20. The summed E-state index contributed by atoms with van der Waals surface area (Å²) < 4.78 is 5.53. The fourth-order valence-electron chi connectivity index (χ4n) is 2.34. The Labute approximate surface area is 121 Å². The number of rotatable bonds is 2. The summed E-state index contributed by atoms with van der Waals surface area (Å²) in [6, 6.07) is 7.20. The van der Waals surface area contributed by atoms with Gasteiger partial charge in [-0.25, -0.2) is 5.01 Å². The molecule has 3 N–H and O–H groups in total. The number of amides is 1. The standard InChI is InChI=1S/C14H16ClN3O2/c15-10-1-2-12-9(7-10)8-13(20-12)14(19)17-18-5-3-11(16)4-6-18/h1-2,7-8,11H,3-6,16H2,(H,17,19). The molecule has 1 saturated heterocycles. The summed E-state index contributed by atoms with van der Waals surface area (Å²) in [6.07, 6.45) is 1.77. The van der Waals surface area contributed by atoms with Gasteiger partial charge in [-0.2, -0.15) is 0 Å². The number of hydrogen-bond acceptors (Lipinski definition) is 4. The number of hydrogen-bond donors (Lipinski definition) is 2. The number of hydrazine groups is 1. The lowest BCUT2D eigenvalue weighted by Gasteiger charge is -2.29. The Kier molecular flexibility index (Phi) is 3.65. The molecule has 3 rings (SSSR count). The van der Waals surface area contributed by atoms with Gasteiger partial charge in [0, 0.05) is 29.5 Å². The molecule has 106 valence electrons. The van der Waals surface area contributed by atoms with Crippen LogP contribution in [0, 0.1) is 0 Å². The minimum absolute atomic E-state index is 0.233. The summed E-state index contributed by atoms with van der Waals surface area (Å²) in [5, 5.41) is 3.32. The largest absolute Gasteiger partial charge is 0.451 e. The van der Waals surface area contributed by atoms with E-state index in [0.29, 0.717) is 10.6 Å². The van der Waals surface area contributed by atoms with Crippen molar-refractivity contribution in [2.75, 3.05) is 13.1 Å². The molecule has 20 heavy (non-hydrogen) atoms. The SMILES string of the molecule is NC1CCN(NC(=O)c2cc3cc(Cl)ccc3o2)CC1. The van der Waals surface area contributed by atoms with E-state index in [4.69, 9.17) is 21.8 Å². The van der Waals surface area contributed by atoms with Gasteiger partial charge in [0.25, 0.3) is 0 Å². The molecule has 0 spiro atoms. The molecule has 2 heterocycles. The molecular formula is C14H16ClN3O2. The maximum absolute atomic E-state index is 12.1. The minimum Gasteiger partial charge on any atom is -0.451 e. The van der Waals surface area contributed by atoms with Gasteiger partial charge in [-0.3, -0.25) is 10.2 Å². The predicted molar refractivity (Wildman–Crippen MR) is 77.5 cm³/mol. The number of carbonyl (C=O) groups is 1. The van der Waals surface area contributed by atoms with E-state index >= 15 is 0 Å². The lowest BCUT2D eigenvalue weighted by Crippen LogP contribution is -2.49. The van der Waals surface area contributed by atoms with Gasteiger partial charge in [-0.15, -0.1) is 0 Å². The number of nitrogens with one attached hydrogen (secondary N) is 1. The van der Waals surface area contributed by atoms with Gasteiger partial charge in [0.1, 0.15) is 5.58 Å². The van der Waals surface area contributed by atoms with Crippen molar-refractivity contribution in [3.05, 3.63) is 35.0 Å². The van der Waals surface area contributed by atoms with Gasteiger partial charge in [-0.05, 0) is 37.1 Å². The van der Waals surface area contributed by atoms with Crippen LogP contribution in [0.1, 0.15) is 23.4 Å². The molecule has 0 unspecified atom stereocenters. The van der Waals surface area contributed by atoms with Crippen LogP contribution >= 0.6 is 11.6 Å². The zero-order valence-corrected chi connectivity index (χ0v) is 11.7. The third-order valence-corrected chi connectivity index (χ3v) is 3.74. The number of fused-ring (bicyclic) bond motifs is 1. The monoisotopic (exact) mass is 293 g/mol. The zero-order chi connectivity index (χ0) is 14.1. The van der Waals surface area contributed by atoms with Crippen molar-refractivity contribution in [3.8, 4) is 0 Å². The highest BCUT2D eigenvalue weighted by Crippen LogP contribution is 2.23. The van der Waals surface area contributed by atoms with Gasteiger partial charge < -0.3 is 10.2 Å². The van der Waals surface area contributed by atoms with Gasteiger partial charge >= 0.3 is 5.91 Å². The molecule has 0 saturated carbocycles. The van der Waals surface area contributed by atoms with E-state index in [1.54, 1.807) is 24.3 Å². The summed E-state index contributed by atoms with van der Waals surface area (Å²) in [6.45, 7) is 1.53. The van der Waals surface area contributed by atoms with Gasteiger partial charge in [0.05, 0.1) is 0 Å². The molecule has 2 aromatic rings. The smallest absolute Gasteiger partial charge is 0.301 e. The molecule has 1 aromatic heterocycles. The molecule has 0 aliphatic carbocycles. The highest BCUT2D eigenvalue weighted by atomic mass is 35.5. The van der Waals surface area contributed by atoms with E-state index in [0.717, 1.165) is 31.3 Å². The number of piperidine rings is 1. The zero-order valence-electron chi connectivity index (χ0n) is 10.9. The van der Waals surface area contributed by atoms with E-state index in [1.807, 2.05) is 5.01 Å². The van der Waals surface area contributed by atoms with Crippen molar-refractivity contribution in [3.63, 3.8) is 0 Å². The molecule has 1 aromatic carbocycles. The molecule has 1 aliphatic rings. The van der Waals surface area contributed by atoms with Crippen LogP contribution in [0.4, 0.5) is 0 Å². The first kappa shape index (κ1) is 13.4. The quantitative estimate of drug-likeness (QED) is 0.890. The molecule has 0 radical (unpaired) electrons. The van der Waals surface area contributed by atoms with E-state index in [2.05, 4.69) is 5.43 Å². The maximum Gasteiger partial charge on any atom is 0.301 e. The molecule has 0 bridgehead atoms. The average Bonchev–Trinajstić information content (AvgIpc) is 2.84. The van der Waals surface area contributed by atoms with Gasteiger partial charge in [0.15, 0.2) is 5.76 Å². The van der Waals surface area contributed by atoms with Crippen molar-refractivity contribution in [1.29, 1.82) is 0 Å². The van der Waals surface area contributed by atoms with E-state index in [9.17, 15) is 4.79 Å². The second-order valence-electron chi connectivity index (χ2n) is 5.06. The Hall–Kier alpha value is -1.56. The van der Waals surface area contributed by atoms with Crippen molar-refractivity contribution >= 4 is 28.5 Å². The first-order valence-corrected chi connectivity index (χ1v) is 7.00. The fourth-order valence-corrected chi connectivity index (χ4v) is 2.52. The number of halogens is 1. The normalized spacial score (nSPS) is 17.5. The second-order valence-corrected chi connectivity index (χ2v) is 5.49. The van der Waals surface area contributed by atoms with Crippen LogP contribution in [0.3, 0.4) is 0 Å². The third kappa shape index (κ3) is 2.80. The number of carbonyl (C=O) groups excluding carboxylic acids is 1. The summed E-state index contributed by atoms with van der Waals surface area (Å²) in [7, 11) is 0. The van der Waals surface area contributed by atoms with E-state index in [1.165, 1.54) is 0 Å². The highest BCUT2D eigenvalue weighted by molar-refractivity contribution is 6.31. The van der Waals surface area contributed by atoms with Crippen molar-refractivity contribution in [1.82, 2.24) is 10.4 Å². The summed E-state index contributed by atoms with van der Waals surface area (Å²) >= 11 is 5.91. The topological polar surface area (TPSA) is 71.5 Å². The molecule has 1 fully saturated rings. The number of nitrogens with two attached hydrogens (primary N) is 1. The van der Waals surface area contributed by atoms with Crippen LogP contribution in [0.25, 0.3) is 11.0 Å². The molecule has 1 aliphatic heterocycles. The lowest BCUT2D eigenvalue weighted by atomic mass is 10.1. The van der Waals surface area contributed by atoms with Crippen LogP contribution in [-0.2, 0) is 0 Å². The predicted octanol–water partition coefficient (Wildman–Crippen LogP) is 2.15. The maximum atomic E-state index is 12.1. The minimum atomic E-state index is -0.243. The van der Waals surface area contributed by atoms with Crippen LogP contribution < -0.4 is 11.2 Å². The van der Waals surface area contributed by atoms with E-state index < -0.39 is 0 Å². The van der Waals surface area contributed by atoms with Gasteiger partial charge in [-0.1, -0.05) is 11.6 Å². The number of nitrogens with zero attached hydrogens (tertiary/aromatic N) is 1. The lowest BCUT2D eigenvalue weighted by molar-refractivity contribution is 0.0710. The van der Waals surface area contributed by atoms with Crippen LogP contribution in [-0.4, -0.2) is 30.0 Å². The van der Waals surface area contributed by atoms with Crippen LogP contribution in [0.5, 0.6) is 0 Å². The molecule has 0 atom stereocenters. The summed E-state index contributed by atoms with van der Waals surface area (Å²) in [5.41, 5.74) is 9.33. The average molecular weight is 294 g/mol. The van der Waals surface area contributed by atoms with Gasteiger partial charge in [0.2, 0.25) is 0 Å².